The third kappa shape index (κ3) is 1.54. The lowest BCUT2D eigenvalue weighted by Crippen LogP contribution is -2.02. The van der Waals surface area contributed by atoms with Crippen LogP contribution in [0.25, 0.3) is 11.0 Å². The highest BCUT2D eigenvalue weighted by Gasteiger charge is 2.33. The maximum Gasteiger partial charge on any atom is 0.137 e. The number of benzene rings is 1. The standard InChI is InChI=1S/C14H14O2/c15-8-6-12(10-4-5-10)13-3-1-2-11-7-9-16-14(11)13/h1-3,7-10,12H,4-6H2. The molecule has 0 spiro atoms. The third-order valence-electron chi connectivity index (χ3n) is 3.45. The third-order valence-corrected chi connectivity index (χ3v) is 3.45. The van der Waals surface area contributed by atoms with Crippen LogP contribution in [0, 0.1) is 5.92 Å². The topological polar surface area (TPSA) is 30.2 Å². The summed E-state index contributed by atoms with van der Waals surface area (Å²) in [6.07, 6.45) is 5.86. The molecule has 2 heteroatoms. The minimum Gasteiger partial charge on any atom is -0.464 e. The molecule has 1 fully saturated rings. The number of fused-ring (bicyclic) bond motifs is 1. The predicted octanol–water partition coefficient (Wildman–Crippen LogP) is 3.52. The molecule has 1 atom stereocenters. The summed E-state index contributed by atoms with van der Waals surface area (Å²) in [7, 11) is 0. The molecule has 0 radical (unpaired) electrons. The lowest BCUT2D eigenvalue weighted by Gasteiger charge is -2.13. The Bertz CT molecular complexity index is 508. The molecule has 1 aromatic heterocycles. The maximum absolute atomic E-state index is 10.8. The number of hydrogen-bond acceptors (Lipinski definition) is 2. The molecule has 1 aliphatic rings. The maximum atomic E-state index is 10.8. The molecule has 0 bridgehead atoms. The average Bonchev–Trinajstić information content (AvgIpc) is 3.02. The van der Waals surface area contributed by atoms with Crippen LogP contribution in [0.2, 0.25) is 0 Å². The van der Waals surface area contributed by atoms with E-state index in [1.807, 2.05) is 18.2 Å². The Balaban J connectivity index is 2.07. The Labute approximate surface area is 94.3 Å². The largest absolute Gasteiger partial charge is 0.464 e. The van der Waals surface area contributed by atoms with Crippen molar-refractivity contribution in [3.63, 3.8) is 0 Å². The van der Waals surface area contributed by atoms with E-state index in [1.165, 1.54) is 18.4 Å². The zero-order chi connectivity index (χ0) is 11.0. The Hall–Kier alpha value is -1.57. The number of carbonyl (C=O) groups is 1. The molecule has 3 rings (SSSR count). The van der Waals surface area contributed by atoms with E-state index in [1.54, 1.807) is 6.26 Å². The molecule has 82 valence electrons. The molecular formula is C14H14O2. The molecule has 16 heavy (non-hydrogen) atoms. The van der Waals surface area contributed by atoms with Crippen LogP contribution < -0.4 is 0 Å². The number of aldehydes is 1. The van der Waals surface area contributed by atoms with Crippen molar-refractivity contribution in [1.29, 1.82) is 0 Å². The van der Waals surface area contributed by atoms with Gasteiger partial charge in [-0.25, -0.2) is 0 Å². The first-order valence-electron chi connectivity index (χ1n) is 5.80. The minimum atomic E-state index is 0.354. The van der Waals surface area contributed by atoms with Crippen LogP contribution in [0.5, 0.6) is 0 Å². The summed E-state index contributed by atoms with van der Waals surface area (Å²) in [5.41, 5.74) is 2.17. The molecule has 1 saturated carbocycles. The van der Waals surface area contributed by atoms with Gasteiger partial charge in [-0.1, -0.05) is 18.2 Å². The van der Waals surface area contributed by atoms with Gasteiger partial charge >= 0.3 is 0 Å². The molecule has 1 aliphatic carbocycles. The van der Waals surface area contributed by atoms with Crippen LogP contribution in [0.1, 0.15) is 30.7 Å². The monoisotopic (exact) mass is 214 g/mol. The van der Waals surface area contributed by atoms with Crippen molar-refractivity contribution >= 4 is 17.3 Å². The van der Waals surface area contributed by atoms with E-state index in [-0.39, 0.29) is 0 Å². The molecule has 0 saturated heterocycles. The van der Waals surface area contributed by atoms with E-state index in [2.05, 4.69) is 6.07 Å². The Morgan fingerprint density at radius 3 is 3.00 bits per heavy atom. The summed E-state index contributed by atoms with van der Waals surface area (Å²) in [5.74, 6) is 1.04. The molecule has 0 aliphatic heterocycles. The van der Waals surface area contributed by atoms with E-state index in [9.17, 15) is 4.79 Å². The smallest absolute Gasteiger partial charge is 0.137 e. The molecule has 0 amide bonds. The van der Waals surface area contributed by atoms with E-state index in [4.69, 9.17) is 4.42 Å². The minimum absolute atomic E-state index is 0.354. The van der Waals surface area contributed by atoms with Gasteiger partial charge in [-0.05, 0) is 36.3 Å². The van der Waals surface area contributed by atoms with Gasteiger partial charge in [0, 0.05) is 11.8 Å². The van der Waals surface area contributed by atoms with Gasteiger partial charge in [-0.15, -0.1) is 0 Å². The zero-order valence-corrected chi connectivity index (χ0v) is 9.06. The molecule has 2 aromatic rings. The quantitative estimate of drug-likeness (QED) is 0.729. The predicted molar refractivity (Wildman–Crippen MR) is 62.4 cm³/mol. The first-order chi connectivity index (χ1) is 7.90. The van der Waals surface area contributed by atoms with Crippen LogP contribution in [-0.4, -0.2) is 6.29 Å². The SMILES string of the molecule is O=CCC(c1cccc2ccoc12)C1CC1. The van der Waals surface area contributed by atoms with Crippen molar-refractivity contribution in [2.75, 3.05) is 0 Å². The lowest BCUT2D eigenvalue weighted by molar-refractivity contribution is -0.108. The highest BCUT2D eigenvalue weighted by Crippen LogP contribution is 2.45. The second kappa shape index (κ2) is 3.78. The summed E-state index contributed by atoms with van der Waals surface area (Å²) in [5, 5.41) is 1.13. The van der Waals surface area contributed by atoms with Crippen LogP contribution in [0.15, 0.2) is 34.9 Å². The molecular weight excluding hydrogens is 200 g/mol. The molecule has 2 nitrogen and oxygen atoms in total. The van der Waals surface area contributed by atoms with Crippen molar-refractivity contribution in [2.45, 2.75) is 25.2 Å². The van der Waals surface area contributed by atoms with Crippen molar-refractivity contribution in [3.05, 3.63) is 36.1 Å². The van der Waals surface area contributed by atoms with Gasteiger partial charge < -0.3 is 9.21 Å². The van der Waals surface area contributed by atoms with Crippen molar-refractivity contribution < 1.29 is 9.21 Å². The summed E-state index contributed by atoms with van der Waals surface area (Å²) >= 11 is 0. The van der Waals surface area contributed by atoms with Gasteiger partial charge in [0.25, 0.3) is 0 Å². The van der Waals surface area contributed by atoms with Gasteiger partial charge in [0.05, 0.1) is 6.26 Å². The molecule has 1 heterocycles. The highest BCUT2D eigenvalue weighted by molar-refractivity contribution is 5.81. The van der Waals surface area contributed by atoms with Gasteiger partial charge in [0.2, 0.25) is 0 Å². The fourth-order valence-corrected chi connectivity index (χ4v) is 2.48. The Morgan fingerprint density at radius 1 is 1.38 bits per heavy atom. The fourth-order valence-electron chi connectivity index (χ4n) is 2.48. The zero-order valence-electron chi connectivity index (χ0n) is 9.06. The lowest BCUT2D eigenvalue weighted by atomic mass is 9.90. The van der Waals surface area contributed by atoms with E-state index in [0.29, 0.717) is 18.3 Å². The second-order valence-corrected chi connectivity index (χ2v) is 4.53. The number of carbonyl (C=O) groups excluding carboxylic acids is 1. The fraction of sp³-hybridized carbons (Fsp3) is 0.357. The van der Waals surface area contributed by atoms with E-state index >= 15 is 0 Å². The normalized spacial score (nSPS) is 17.5. The van der Waals surface area contributed by atoms with Crippen LogP contribution in [-0.2, 0) is 4.79 Å². The van der Waals surface area contributed by atoms with Gasteiger partial charge in [0.15, 0.2) is 0 Å². The number of hydrogen-bond donors (Lipinski definition) is 0. The number of furan rings is 1. The second-order valence-electron chi connectivity index (χ2n) is 4.53. The van der Waals surface area contributed by atoms with Crippen LogP contribution >= 0.6 is 0 Å². The van der Waals surface area contributed by atoms with Crippen molar-refractivity contribution in [2.24, 2.45) is 5.92 Å². The van der Waals surface area contributed by atoms with Crippen LogP contribution in [0.4, 0.5) is 0 Å². The Morgan fingerprint density at radius 2 is 2.25 bits per heavy atom. The summed E-state index contributed by atoms with van der Waals surface area (Å²) in [4.78, 5) is 10.8. The average molecular weight is 214 g/mol. The number of para-hydroxylation sites is 1. The summed E-state index contributed by atoms with van der Waals surface area (Å²) < 4.78 is 5.54. The van der Waals surface area contributed by atoms with E-state index < -0.39 is 0 Å². The van der Waals surface area contributed by atoms with Crippen molar-refractivity contribution in [3.8, 4) is 0 Å². The molecule has 1 aromatic carbocycles. The highest BCUT2D eigenvalue weighted by atomic mass is 16.3. The van der Waals surface area contributed by atoms with Crippen molar-refractivity contribution in [1.82, 2.24) is 0 Å². The first-order valence-corrected chi connectivity index (χ1v) is 5.80. The van der Waals surface area contributed by atoms with Gasteiger partial charge in [-0.3, -0.25) is 0 Å². The molecule has 1 unspecified atom stereocenters. The van der Waals surface area contributed by atoms with Crippen LogP contribution in [0.3, 0.4) is 0 Å². The summed E-state index contributed by atoms with van der Waals surface area (Å²) in [6, 6.07) is 8.17. The molecule has 0 N–H and O–H groups in total. The first kappa shape index (κ1) is 9.64. The number of rotatable bonds is 4. The Kier molecular flexibility index (Phi) is 2.28. The summed E-state index contributed by atoms with van der Waals surface area (Å²) in [6.45, 7) is 0. The van der Waals surface area contributed by atoms with Gasteiger partial charge in [-0.2, -0.15) is 0 Å². The van der Waals surface area contributed by atoms with Gasteiger partial charge in [0.1, 0.15) is 11.9 Å². The van der Waals surface area contributed by atoms with E-state index in [0.717, 1.165) is 17.3 Å².